The molecule has 4 heteroatoms. The molecule has 1 N–H and O–H groups in total. The first kappa shape index (κ1) is 12.9. The van der Waals surface area contributed by atoms with Crippen molar-refractivity contribution in [3.8, 4) is 6.07 Å². The number of hydrogen-bond donors (Lipinski definition) is 1. The summed E-state index contributed by atoms with van der Waals surface area (Å²) in [4.78, 5) is 7.83. The number of fused-ring (bicyclic) bond motifs is 1. The van der Waals surface area contributed by atoms with Crippen molar-refractivity contribution in [2.45, 2.75) is 0 Å². The number of benzene rings is 3. The number of aromatic amines is 1. The van der Waals surface area contributed by atoms with Crippen LogP contribution in [0.25, 0.3) is 38.3 Å². The van der Waals surface area contributed by atoms with E-state index in [0.717, 1.165) is 32.5 Å². The molecule has 0 aliphatic carbocycles. The highest BCUT2D eigenvalue weighted by Gasteiger charge is 2.15. The molecular formula is C20H11N3O. The molecule has 0 aliphatic heterocycles. The summed E-state index contributed by atoms with van der Waals surface area (Å²) in [5.41, 5.74) is 2.83. The molecule has 3 aromatic carbocycles. The van der Waals surface area contributed by atoms with Crippen LogP contribution in [0.5, 0.6) is 0 Å². The number of nitriles is 1. The topological polar surface area (TPSA) is 65.6 Å². The molecule has 0 fully saturated rings. The normalized spacial score (nSPS) is 12.8. The van der Waals surface area contributed by atoms with E-state index in [0.29, 0.717) is 17.0 Å². The molecule has 0 aliphatic rings. The summed E-state index contributed by atoms with van der Waals surface area (Å²) < 4.78 is 5.80. The van der Waals surface area contributed by atoms with Crippen LogP contribution in [-0.4, -0.2) is 9.97 Å². The third-order valence-electron chi connectivity index (χ3n) is 4.30. The van der Waals surface area contributed by atoms with E-state index in [1.807, 2.05) is 48.5 Å². The Hall–Kier alpha value is -3.58. The van der Waals surface area contributed by atoms with Crippen LogP contribution in [0.4, 0.5) is 0 Å². The molecule has 0 saturated carbocycles. The fourth-order valence-corrected chi connectivity index (χ4v) is 3.24. The number of oxazole rings is 1. The second-order valence-electron chi connectivity index (χ2n) is 5.68. The van der Waals surface area contributed by atoms with Gasteiger partial charge in [-0.1, -0.05) is 42.5 Å². The lowest BCUT2D eigenvalue weighted by atomic mass is 10.1. The lowest BCUT2D eigenvalue weighted by Gasteiger charge is -1.96. The van der Waals surface area contributed by atoms with Gasteiger partial charge in [0.2, 0.25) is 5.89 Å². The highest BCUT2D eigenvalue weighted by molar-refractivity contribution is 6.10. The molecule has 112 valence electrons. The lowest BCUT2D eigenvalue weighted by molar-refractivity contribution is 0.585. The fourth-order valence-electron chi connectivity index (χ4n) is 3.24. The Morgan fingerprint density at radius 3 is 2.67 bits per heavy atom. The summed E-state index contributed by atoms with van der Waals surface area (Å²) in [6, 6.07) is 21.9. The first-order chi connectivity index (χ1) is 11.8. The van der Waals surface area contributed by atoms with Crippen LogP contribution in [0.3, 0.4) is 0 Å². The Morgan fingerprint density at radius 2 is 1.83 bits per heavy atom. The van der Waals surface area contributed by atoms with Crippen molar-refractivity contribution in [3.05, 3.63) is 71.9 Å². The van der Waals surface area contributed by atoms with Gasteiger partial charge in [0, 0.05) is 16.3 Å². The molecule has 0 bridgehead atoms. The van der Waals surface area contributed by atoms with Crippen molar-refractivity contribution in [1.29, 1.82) is 5.26 Å². The maximum atomic E-state index is 9.75. The van der Waals surface area contributed by atoms with Crippen LogP contribution in [0.1, 0.15) is 5.89 Å². The van der Waals surface area contributed by atoms with Gasteiger partial charge in [0.1, 0.15) is 17.2 Å². The maximum absolute atomic E-state index is 9.75. The lowest BCUT2D eigenvalue weighted by Crippen LogP contribution is -2.08. The molecule has 4 nitrogen and oxygen atoms in total. The standard InChI is InChI=1S/C20H11N3O/c21-11-14(20-23-15-8-1-2-10-17(15)24-20)19-13-7-3-5-12-6-4-9-16(22-19)18(12)13/h1-10,22H/b19-14+. The Kier molecular flexibility index (Phi) is 2.53. The van der Waals surface area contributed by atoms with Crippen LogP contribution in [0.2, 0.25) is 0 Å². The fraction of sp³-hybridized carbons (Fsp3) is 0. The van der Waals surface area contributed by atoms with Gasteiger partial charge in [0.05, 0.1) is 5.35 Å². The molecule has 5 aromatic rings. The van der Waals surface area contributed by atoms with Crippen LogP contribution in [-0.2, 0) is 0 Å². The van der Waals surface area contributed by atoms with Crippen molar-refractivity contribution in [2.75, 3.05) is 0 Å². The highest BCUT2D eigenvalue weighted by atomic mass is 16.3. The minimum atomic E-state index is 0.339. The Bertz CT molecular complexity index is 1280. The minimum Gasteiger partial charge on any atom is -0.435 e. The zero-order chi connectivity index (χ0) is 16.1. The average molecular weight is 309 g/mol. The molecule has 2 heterocycles. The molecule has 2 aromatic heterocycles. The van der Waals surface area contributed by atoms with Crippen molar-refractivity contribution >= 4 is 38.3 Å². The number of para-hydroxylation sites is 2. The van der Waals surface area contributed by atoms with Gasteiger partial charge in [-0.15, -0.1) is 0 Å². The molecule has 0 spiro atoms. The SMILES string of the molecule is N#C/C(c1nc2ccccc2o1)=c1\[nH]c2cccc3cccc1c32. The Morgan fingerprint density at radius 1 is 1.00 bits per heavy atom. The summed E-state index contributed by atoms with van der Waals surface area (Å²) in [5.74, 6) is 0.339. The van der Waals surface area contributed by atoms with E-state index in [4.69, 9.17) is 4.42 Å². The third-order valence-corrected chi connectivity index (χ3v) is 4.30. The highest BCUT2D eigenvalue weighted by Crippen LogP contribution is 2.25. The molecule has 24 heavy (non-hydrogen) atoms. The molecular weight excluding hydrogens is 298 g/mol. The second-order valence-corrected chi connectivity index (χ2v) is 5.68. The average Bonchev–Trinajstić information content (AvgIpc) is 3.20. The summed E-state index contributed by atoms with van der Waals surface area (Å²) in [6.45, 7) is 0. The third kappa shape index (κ3) is 1.70. The predicted octanol–water partition coefficient (Wildman–Crippen LogP) is 3.90. The molecule has 5 rings (SSSR count). The zero-order valence-electron chi connectivity index (χ0n) is 12.6. The van der Waals surface area contributed by atoms with E-state index in [1.165, 1.54) is 0 Å². The molecule has 0 unspecified atom stereocenters. The predicted molar refractivity (Wildman–Crippen MR) is 93.2 cm³/mol. The van der Waals surface area contributed by atoms with Crippen molar-refractivity contribution in [3.63, 3.8) is 0 Å². The minimum absolute atomic E-state index is 0.339. The van der Waals surface area contributed by atoms with E-state index in [2.05, 4.69) is 28.2 Å². The summed E-state index contributed by atoms with van der Waals surface area (Å²) >= 11 is 0. The number of nitrogens with zero attached hydrogens (tertiary/aromatic N) is 2. The first-order valence-corrected chi connectivity index (χ1v) is 7.64. The summed E-state index contributed by atoms with van der Waals surface area (Å²) in [5, 5.41) is 13.8. The number of aromatic nitrogens is 2. The van der Waals surface area contributed by atoms with E-state index < -0.39 is 0 Å². The second kappa shape index (κ2) is 4.71. The van der Waals surface area contributed by atoms with Crippen LogP contribution in [0.15, 0.2) is 65.1 Å². The maximum Gasteiger partial charge on any atom is 0.240 e. The Labute approximate surface area is 136 Å². The number of H-pyrrole nitrogens is 1. The van der Waals surface area contributed by atoms with Gasteiger partial charge in [0.25, 0.3) is 0 Å². The number of rotatable bonds is 1. The van der Waals surface area contributed by atoms with E-state index >= 15 is 0 Å². The van der Waals surface area contributed by atoms with Gasteiger partial charge in [-0.05, 0) is 23.6 Å². The van der Waals surface area contributed by atoms with Crippen molar-refractivity contribution < 1.29 is 4.42 Å². The van der Waals surface area contributed by atoms with Crippen molar-refractivity contribution in [2.24, 2.45) is 0 Å². The first-order valence-electron chi connectivity index (χ1n) is 7.64. The molecule has 0 atom stereocenters. The summed E-state index contributed by atoms with van der Waals surface area (Å²) in [7, 11) is 0. The van der Waals surface area contributed by atoms with E-state index in [1.54, 1.807) is 0 Å². The van der Waals surface area contributed by atoms with Gasteiger partial charge < -0.3 is 9.40 Å². The van der Waals surface area contributed by atoms with Gasteiger partial charge in [-0.25, -0.2) is 4.98 Å². The molecule has 0 radical (unpaired) electrons. The number of hydrogen-bond acceptors (Lipinski definition) is 3. The monoisotopic (exact) mass is 309 g/mol. The van der Waals surface area contributed by atoms with Gasteiger partial charge in [0.15, 0.2) is 5.58 Å². The Balaban J connectivity index is 1.94. The smallest absolute Gasteiger partial charge is 0.240 e. The molecule has 0 saturated heterocycles. The quantitative estimate of drug-likeness (QED) is 0.510. The van der Waals surface area contributed by atoms with Gasteiger partial charge in [-0.2, -0.15) is 5.26 Å². The largest absolute Gasteiger partial charge is 0.435 e. The van der Waals surface area contributed by atoms with Crippen LogP contribution in [0, 0.1) is 11.3 Å². The zero-order valence-corrected chi connectivity index (χ0v) is 12.6. The summed E-state index contributed by atoms with van der Waals surface area (Å²) in [6.07, 6.45) is 0. The van der Waals surface area contributed by atoms with E-state index in [9.17, 15) is 5.26 Å². The van der Waals surface area contributed by atoms with Crippen LogP contribution >= 0.6 is 0 Å². The van der Waals surface area contributed by atoms with Crippen LogP contribution < -0.4 is 5.35 Å². The van der Waals surface area contributed by atoms with E-state index in [-0.39, 0.29) is 0 Å². The molecule has 0 amide bonds. The van der Waals surface area contributed by atoms with Crippen molar-refractivity contribution in [1.82, 2.24) is 9.97 Å². The number of nitrogens with one attached hydrogen (secondary N) is 1. The van der Waals surface area contributed by atoms with Gasteiger partial charge in [-0.3, -0.25) is 0 Å². The van der Waals surface area contributed by atoms with Gasteiger partial charge >= 0.3 is 0 Å².